The van der Waals surface area contributed by atoms with Gasteiger partial charge in [-0.2, -0.15) is 5.26 Å². The molecule has 2 nitrogen and oxygen atoms in total. The number of aryl methyl sites for hydroxylation is 1. The lowest BCUT2D eigenvalue weighted by molar-refractivity contribution is 0.725. The highest BCUT2D eigenvalue weighted by atomic mass is 35.5. The van der Waals surface area contributed by atoms with Crippen LogP contribution in [0.3, 0.4) is 0 Å². The number of hydrogen-bond donors (Lipinski definition) is 1. The van der Waals surface area contributed by atoms with Gasteiger partial charge in [-0.25, -0.2) is 0 Å². The van der Waals surface area contributed by atoms with Gasteiger partial charge in [0.2, 0.25) is 0 Å². The minimum absolute atomic E-state index is 0.618. The summed E-state index contributed by atoms with van der Waals surface area (Å²) in [7, 11) is 1.93. The first-order chi connectivity index (χ1) is 6.77. The molecule has 0 heterocycles. The van der Waals surface area contributed by atoms with Crippen LogP contribution in [0.5, 0.6) is 0 Å². The molecule has 0 aliphatic carbocycles. The molecule has 0 unspecified atom stereocenters. The molecule has 0 spiro atoms. The summed E-state index contributed by atoms with van der Waals surface area (Å²) in [5.41, 5.74) is 1.73. The van der Waals surface area contributed by atoms with E-state index in [0.29, 0.717) is 10.6 Å². The maximum Gasteiger partial charge on any atom is 0.0992 e. The summed E-state index contributed by atoms with van der Waals surface area (Å²) >= 11 is 6.02. The van der Waals surface area contributed by atoms with Crippen molar-refractivity contribution in [2.24, 2.45) is 0 Å². The van der Waals surface area contributed by atoms with Crippen molar-refractivity contribution in [1.82, 2.24) is 5.32 Å². The van der Waals surface area contributed by atoms with Crippen molar-refractivity contribution in [2.45, 2.75) is 12.8 Å². The number of rotatable bonds is 4. The second-order valence-electron chi connectivity index (χ2n) is 3.13. The van der Waals surface area contributed by atoms with Gasteiger partial charge in [0.15, 0.2) is 0 Å². The molecular weight excluding hydrogens is 196 g/mol. The lowest BCUT2D eigenvalue weighted by Crippen LogP contribution is -2.08. The van der Waals surface area contributed by atoms with Gasteiger partial charge in [0, 0.05) is 5.02 Å². The van der Waals surface area contributed by atoms with Gasteiger partial charge >= 0.3 is 0 Å². The van der Waals surface area contributed by atoms with Crippen LogP contribution in [0.15, 0.2) is 18.2 Å². The highest BCUT2D eigenvalue weighted by Gasteiger charge is 2.00. The van der Waals surface area contributed by atoms with Crippen LogP contribution in [0, 0.1) is 11.3 Å². The lowest BCUT2D eigenvalue weighted by atomic mass is 10.1. The number of benzene rings is 1. The third kappa shape index (κ3) is 3.02. The van der Waals surface area contributed by atoms with Crippen LogP contribution < -0.4 is 5.32 Å². The van der Waals surface area contributed by atoms with E-state index in [2.05, 4.69) is 11.4 Å². The van der Waals surface area contributed by atoms with E-state index in [-0.39, 0.29) is 0 Å². The van der Waals surface area contributed by atoms with Crippen LogP contribution in [0.1, 0.15) is 17.5 Å². The van der Waals surface area contributed by atoms with Gasteiger partial charge in [0.25, 0.3) is 0 Å². The molecular formula is C11H13ClN2. The monoisotopic (exact) mass is 208 g/mol. The highest BCUT2D eigenvalue weighted by Crippen LogP contribution is 2.18. The van der Waals surface area contributed by atoms with E-state index in [9.17, 15) is 0 Å². The second kappa shape index (κ2) is 5.64. The van der Waals surface area contributed by atoms with Crippen LogP contribution in [0.25, 0.3) is 0 Å². The van der Waals surface area contributed by atoms with E-state index in [1.807, 2.05) is 13.1 Å². The molecule has 1 aromatic rings. The Kier molecular flexibility index (Phi) is 4.45. The second-order valence-corrected chi connectivity index (χ2v) is 3.53. The molecule has 0 aliphatic heterocycles. The normalized spacial score (nSPS) is 9.79. The fourth-order valence-electron chi connectivity index (χ4n) is 1.28. The summed E-state index contributed by atoms with van der Waals surface area (Å²) < 4.78 is 0. The Bertz CT molecular complexity index is 342. The quantitative estimate of drug-likeness (QED) is 0.772. The van der Waals surface area contributed by atoms with Crippen LogP contribution >= 0.6 is 11.6 Å². The first kappa shape index (κ1) is 11.0. The van der Waals surface area contributed by atoms with Crippen molar-refractivity contribution in [3.8, 4) is 6.07 Å². The summed E-state index contributed by atoms with van der Waals surface area (Å²) in [5, 5.41) is 12.4. The summed E-state index contributed by atoms with van der Waals surface area (Å²) in [6.07, 6.45) is 2.01. The Morgan fingerprint density at radius 1 is 1.50 bits per heavy atom. The van der Waals surface area contributed by atoms with E-state index >= 15 is 0 Å². The zero-order valence-electron chi connectivity index (χ0n) is 8.18. The minimum atomic E-state index is 0.618. The first-order valence-corrected chi connectivity index (χ1v) is 4.99. The number of nitriles is 1. The Morgan fingerprint density at radius 3 is 2.86 bits per heavy atom. The van der Waals surface area contributed by atoms with Crippen molar-refractivity contribution < 1.29 is 0 Å². The smallest absolute Gasteiger partial charge is 0.0992 e. The Hall–Kier alpha value is -1.04. The molecule has 14 heavy (non-hydrogen) atoms. The Balaban J connectivity index is 2.65. The number of nitrogens with one attached hydrogen (secondary N) is 1. The molecule has 1 N–H and O–H groups in total. The third-order valence-electron chi connectivity index (χ3n) is 2.06. The zero-order chi connectivity index (χ0) is 10.4. The molecule has 3 heteroatoms. The first-order valence-electron chi connectivity index (χ1n) is 4.61. The summed E-state index contributed by atoms with van der Waals surface area (Å²) in [6, 6.07) is 7.52. The molecule has 0 saturated carbocycles. The van der Waals surface area contributed by atoms with Crippen molar-refractivity contribution in [3.63, 3.8) is 0 Å². The third-order valence-corrected chi connectivity index (χ3v) is 2.41. The van der Waals surface area contributed by atoms with E-state index in [4.69, 9.17) is 16.9 Å². The Labute approximate surface area is 89.5 Å². The van der Waals surface area contributed by atoms with Gasteiger partial charge in [-0.05, 0) is 44.1 Å². The standard InChI is InChI=1S/C11H13ClN2/c1-14-6-2-3-10-5-4-9(8-13)7-11(10)12/h4-5,7,14H,2-3,6H2,1H3. The van der Waals surface area contributed by atoms with Crippen LogP contribution in [0.4, 0.5) is 0 Å². The van der Waals surface area contributed by atoms with Gasteiger partial charge in [-0.3, -0.25) is 0 Å². The van der Waals surface area contributed by atoms with E-state index in [1.54, 1.807) is 12.1 Å². The molecule has 1 aromatic carbocycles. The molecule has 74 valence electrons. The zero-order valence-corrected chi connectivity index (χ0v) is 8.93. The number of nitrogens with zero attached hydrogens (tertiary/aromatic N) is 1. The largest absolute Gasteiger partial charge is 0.320 e. The Morgan fingerprint density at radius 2 is 2.29 bits per heavy atom. The van der Waals surface area contributed by atoms with Crippen molar-refractivity contribution in [3.05, 3.63) is 34.3 Å². The molecule has 0 saturated heterocycles. The van der Waals surface area contributed by atoms with E-state index < -0.39 is 0 Å². The average molecular weight is 209 g/mol. The van der Waals surface area contributed by atoms with Gasteiger partial charge in [-0.1, -0.05) is 17.7 Å². The topological polar surface area (TPSA) is 35.8 Å². The maximum absolute atomic E-state index is 8.65. The van der Waals surface area contributed by atoms with E-state index in [1.165, 1.54) is 0 Å². The van der Waals surface area contributed by atoms with Gasteiger partial charge in [-0.15, -0.1) is 0 Å². The molecule has 0 amide bonds. The van der Waals surface area contributed by atoms with E-state index in [0.717, 1.165) is 24.9 Å². The highest BCUT2D eigenvalue weighted by molar-refractivity contribution is 6.31. The summed E-state index contributed by atoms with van der Waals surface area (Å²) in [4.78, 5) is 0. The lowest BCUT2D eigenvalue weighted by Gasteiger charge is -2.03. The molecule has 0 radical (unpaired) electrons. The van der Waals surface area contributed by atoms with Crippen LogP contribution in [-0.4, -0.2) is 13.6 Å². The average Bonchev–Trinajstić information content (AvgIpc) is 2.20. The van der Waals surface area contributed by atoms with Gasteiger partial charge in [0.05, 0.1) is 11.6 Å². The minimum Gasteiger partial charge on any atom is -0.320 e. The van der Waals surface area contributed by atoms with Crippen LogP contribution in [0.2, 0.25) is 5.02 Å². The van der Waals surface area contributed by atoms with Crippen molar-refractivity contribution >= 4 is 11.6 Å². The molecule has 0 fully saturated rings. The molecule has 0 aromatic heterocycles. The SMILES string of the molecule is CNCCCc1ccc(C#N)cc1Cl. The predicted octanol–water partition coefficient (Wildman–Crippen LogP) is 2.36. The van der Waals surface area contributed by atoms with Crippen molar-refractivity contribution in [2.75, 3.05) is 13.6 Å². The molecule has 0 aliphatic rings. The molecule has 0 atom stereocenters. The number of hydrogen-bond acceptors (Lipinski definition) is 2. The fraction of sp³-hybridized carbons (Fsp3) is 0.364. The van der Waals surface area contributed by atoms with Crippen molar-refractivity contribution in [1.29, 1.82) is 5.26 Å². The summed E-state index contributed by atoms with van der Waals surface area (Å²) in [6.45, 7) is 0.982. The molecule has 0 bridgehead atoms. The maximum atomic E-state index is 8.65. The molecule has 1 rings (SSSR count). The van der Waals surface area contributed by atoms with Gasteiger partial charge in [0.1, 0.15) is 0 Å². The summed E-state index contributed by atoms with van der Waals surface area (Å²) in [5.74, 6) is 0. The fourth-order valence-corrected chi connectivity index (χ4v) is 1.55. The van der Waals surface area contributed by atoms with Crippen LogP contribution in [-0.2, 0) is 6.42 Å². The predicted molar refractivity (Wildman–Crippen MR) is 58.4 cm³/mol. The number of halogens is 1. The van der Waals surface area contributed by atoms with Gasteiger partial charge < -0.3 is 5.32 Å².